The number of amides is 1. The van der Waals surface area contributed by atoms with Crippen LogP contribution >= 0.6 is 11.8 Å². The monoisotopic (exact) mass is 329 g/mol. The summed E-state index contributed by atoms with van der Waals surface area (Å²) in [6.45, 7) is 3.15. The van der Waals surface area contributed by atoms with Crippen molar-refractivity contribution in [3.63, 3.8) is 0 Å². The van der Waals surface area contributed by atoms with Crippen LogP contribution in [0, 0.1) is 6.92 Å². The lowest BCUT2D eigenvalue weighted by Gasteiger charge is -2.26. The van der Waals surface area contributed by atoms with Gasteiger partial charge in [0.2, 0.25) is 0 Å². The van der Waals surface area contributed by atoms with Crippen molar-refractivity contribution in [2.45, 2.75) is 29.1 Å². The average molecular weight is 329 g/mol. The third kappa shape index (κ3) is 3.79. The molecule has 2 aromatic rings. The molecule has 1 atom stereocenters. The van der Waals surface area contributed by atoms with Crippen molar-refractivity contribution < 1.29 is 14.6 Å². The molecule has 0 aromatic heterocycles. The van der Waals surface area contributed by atoms with Crippen LogP contribution in [0.4, 0.5) is 4.79 Å². The van der Waals surface area contributed by atoms with Crippen molar-refractivity contribution in [3.8, 4) is 5.75 Å². The first kappa shape index (κ1) is 15.7. The summed E-state index contributed by atoms with van der Waals surface area (Å²) in [4.78, 5) is 13.1. The highest BCUT2D eigenvalue weighted by Crippen LogP contribution is 2.38. The topological polar surface area (TPSA) is 58.6 Å². The summed E-state index contributed by atoms with van der Waals surface area (Å²) in [7, 11) is 0. The van der Waals surface area contributed by atoms with Crippen molar-refractivity contribution in [2.75, 3.05) is 13.2 Å². The number of rotatable bonds is 4. The molecule has 3 rings (SSSR count). The van der Waals surface area contributed by atoms with Gasteiger partial charge < -0.3 is 15.2 Å². The number of aryl methyl sites for hydroxylation is 1. The molecule has 23 heavy (non-hydrogen) atoms. The number of nitrogens with one attached hydrogen (secondary N) is 1. The Morgan fingerprint density at radius 2 is 2.17 bits per heavy atom. The first-order valence-corrected chi connectivity index (χ1v) is 8.42. The van der Waals surface area contributed by atoms with Crippen molar-refractivity contribution in [2.24, 2.45) is 0 Å². The Labute approximate surface area is 139 Å². The van der Waals surface area contributed by atoms with Gasteiger partial charge in [-0.15, -0.1) is 0 Å². The number of hydrogen-bond donors (Lipinski definition) is 2. The van der Waals surface area contributed by atoms with Crippen molar-refractivity contribution in [1.29, 1.82) is 0 Å². The molecule has 0 fully saturated rings. The maximum absolute atomic E-state index is 10.7. The zero-order chi connectivity index (χ0) is 16.2. The summed E-state index contributed by atoms with van der Waals surface area (Å²) in [5, 5.41) is 11.3. The quantitative estimate of drug-likeness (QED) is 0.879. The molecule has 1 heterocycles. The molecule has 2 N–H and O–H groups in total. The van der Waals surface area contributed by atoms with Gasteiger partial charge in [-0.25, -0.2) is 4.79 Å². The smallest absolute Gasteiger partial charge is 0.404 e. The fourth-order valence-electron chi connectivity index (χ4n) is 2.73. The molecule has 2 aromatic carbocycles. The van der Waals surface area contributed by atoms with Gasteiger partial charge >= 0.3 is 6.09 Å². The Morgan fingerprint density at radius 1 is 1.35 bits per heavy atom. The summed E-state index contributed by atoms with van der Waals surface area (Å²) < 4.78 is 5.78. The molecule has 1 amide bonds. The zero-order valence-electron chi connectivity index (χ0n) is 12.9. The molecule has 0 radical (unpaired) electrons. The van der Waals surface area contributed by atoms with E-state index in [1.165, 1.54) is 10.5 Å². The van der Waals surface area contributed by atoms with E-state index in [-0.39, 0.29) is 5.92 Å². The van der Waals surface area contributed by atoms with E-state index >= 15 is 0 Å². The Kier molecular flexibility index (Phi) is 4.76. The van der Waals surface area contributed by atoms with E-state index in [4.69, 9.17) is 9.84 Å². The molecule has 4 nitrogen and oxygen atoms in total. The summed E-state index contributed by atoms with van der Waals surface area (Å²) in [6.07, 6.45) is -0.151. The van der Waals surface area contributed by atoms with E-state index in [2.05, 4.69) is 42.6 Å². The number of fused-ring (bicyclic) bond motifs is 1. The van der Waals surface area contributed by atoms with Gasteiger partial charge in [-0.1, -0.05) is 36.0 Å². The van der Waals surface area contributed by atoms with Crippen LogP contribution < -0.4 is 10.1 Å². The molecular weight excluding hydrogens is 310 g/mol. The van der Waals surface area contributed by atoms with E-state index in [1.807, 2.05) is 12.1 Å². The SMILES string of the molecule is Cc1ccccc1Sc1ccc2c(c1)OCCC2CNC(=O)O. The lowest BCUT2D eigenvalue weighted by Crippen LogP contribution is -2.29. The number of hydrogen-bond acceptors (Lipinski definition) is 3. The molecule has 0 aliphatic carbocycles. The van der Waals surface area contributed by atoms with Crippen LogP contribution in [0.15, 0.2) is 52.3 Å². The van der Waals surface area contributed by atoms with Gasteiger partial charge in [0.15, 0.2) is 0 Å². The predicted molar refractivity (Wildman–Crippen MR) is 90.6 cm³/mol. The molecule has 0 spiro atoms. The second-order valence-electron chi connectivity index (χ2n) is 5.59. The summed E-state index contributed by atoms with van der Waals surface area (Å²) >= 11 is 1.72. The van der Waals surface area contributed by atoms with Gasteiger partial charge in [0.05, 0.1) is 6.61 Å². The lowest BCUT2D eigenvalue weighted by molar-refractivity contribution is 0.191. The minimum atomic E-state index is -0.982. The van der Waals surface area contributed by atoms with E-state index in [0.29, 0.717) is 13.2 Å². The van der Waals surface area contributed by atoms with Gasteiger partial charge in [-0.2, -0.15) is 0 Å². The molecule has 0 saturated carbocycles. The average Bonchev–Trinajstić information content (AvgIpc) is 2.54. The van der Waals surface area contributed by atoms with Crippen LogP contribution in [-0.2, 0) is 0 Å². The van der Waals surface area contributed by atoms with Crippen molar-refractivity contribution in [1.82, 2.24) is 5.32 Å². The normalized spacial score (nSPS) is 16.3. The Balaban J connectivity index is 1.79. The highest BCUT2D eigenvalue weighted by atomic mass is 32.2. The third-order valence-corrected chi connectivity index (χ3v) is 5.14. The summed E-state index contributed by atoms with van der Waals surface area (Å²) in [5.41, 5.74) is 2.33. The van der Waals surface area contributed by atoms with Gasteiger partial charge in [-0.05, 0) is 42.7 Å². The largest absolute Gasteiger partial charge is 0.493 e. The van der Waals surface area contributed by atoms with E-state index < -0.39 is 6.09 Å². The molecule has 1 aliphatic rings. The Morgan fingerprint density at radius 3 is 2.96 bits per heavy atom. The zero-order valence-corrected chi connectivity index (χ0v) is 13.7. The van der Waals surface area contributed by atoms with Crippen LogP contribution in [0.1, 0.15) is 23.5 Å². The predicted octanol–water partition coefficient (Wildman–Crippen LogP) is 4.28. The minimum Gasteiger partial charge on any atom is -0.493 e. The van der Waals surface area contributed by atoms with E-state index in [1.54, 1.807) is 11.8 Å². The highest BCUT2D eigenvalue weighted by molar-refractivity contribution is 7.99. The van der Waals surface area contributed by atoms with Crippen LogP contribution in [-0.4, -0.2) is 24.4 Å². The first-order chi connectivity index (χ1) is 11.1. The maximum Gasteiger partial charge on any atom is 0.404 e. The number of carbonyl (C=O) groups is 1. The minimum absolute atomic E-state index is 0.173. The number of benzene rings is 2. The number of ether oxygens (including phenoxy) is 1. The molecule has 1 unspecified atom stereocenters. The fourth-order valence-corrected chi connectivity index (χ4v) is 3.66. The Hall–Kier alpha value is -2.14. The fraction of sp³-hybridized carbons (Fsp3) is 0.278. The summed E-state index contributed by atoms with van der Waals surface area (Å²) in [6, 6.07) is 14.5. The molecule has 120 valence electrons. The van der Waals surface area contributed by atoms with Crippen molar-refractivity contribution in [3.05, 3.63) is 53.6 Å². The van der Waals surface area contributed by atoms with Gasteiger partial charge in [-0.3, -0.25) is 0 Å². The molecule has 0 saturated heterocycles. The van der Waals surface area contributed by atoms with Crippen LogP contribution in [0.2, 0.25) is 0 Å². The first-order valence-electron chi connectivity index (χ1n) is 7.60. The molecular formula is C18H19NO3S. The standard InChI is InChI=1S/C18H19NO3S/c1-12-4-2-3-5-17(12)23-14-6-7-15-13(11-19-18(20)21)8-9-22-16(15)10-14/h2-7,10,13,19H,8-9,11H2,1H3,(H,20,21). The van der Waals surface area contributed by atoms with Crippen LogP contribution in [0.25, 0.3) is 0 Å². The van der Waals surface area contributed by atoms with Crippen LogP contribution in [0.5, 0.6) is 5.75 Å². The van der Waals surface area contributed by atoms with E-state index in [9.17, 15) is 4.79 Å². The molecule has 1 aliphatic heterocycles. The second-order valence-corrected chi connectivity index (χ2v) is 6.70. The molecule has 5 heteroatoms. The summed E-state index contributed by atoms with van der Waals surface area (Å²) in [5.74, 6) is 1.04. The van der Waals surface area contributed by atoms with Crippen LogP contribution in [0.3, 0.4) is 0 Å². The van der Waals surface area contributed by atoms with Gasteiger partial charge in [0.25, 0.3) is 0 Å². The van der Waals surface area contributed by atoms with E-state index in [0.717, 1.165) is 22.6 Å². The lowest BCUT2D eigenvalue weighted by atomic mass is 9.93. The van der Waals surface area contributed by atoms with Gasteiger partial charge in [0, 0.05) is 22.3 Å². The Bertz CT molecular complexity index is 717. The van der Waals surface area contributed by atoms with Gasteiger partial charge in [0.1, 0.15) is 5.75 Å². The third-order valence-electron chi connectivity index (χ3n) is 3.97. The second kappa shape index (κ2) is 6.96. The highest BCUT2D eigenvalue weighted by Gasteiger charge is 2.22. The number of carboxylic acid groups (broad SMARTS) is 1. The maximum atomic E-state index is 10.7. The molecule has 0 bridgehead atoms. The van der Waals surface area contributed by atoms with Crippen molar-refractivity contribution >= 4 is 17.9 Å².